The Morgan fingerprint density at radius 1 is 1.17 bits per heavy atom. The van der Waals surface area contributed by atoms with Gasteiger partial charge in [-0.1, -0.05) is 55.4 Å². The van der Waals surface area contributed by atoms with Crippen molar-refractivity contribution in [3.8, 4) is 0 Å². The van der Waals surface area contributed by atoms with Crippen LogP contribution in [0.3, 0.4) is 0 Å². The molecule has 30 heavy (non-hydrogen) atoms. The number of aromatic nitrogens is 2. The molecule has 5 nitrogen and oxygen atoms in total. The minimum atomic E-state index is -0.336. The number of benzene rings is 2. The summed E-state index contributed by atoms with van der Waals surface area (Å²) in [5, 5.41) is 0.914. The minimum Gasteiger partial charge on any atom is -0.311 e. The molecule has 0 fully saturated rings. The summed E-state index contributed by atoms with van der Waals surface area (Å²) >= 11 is 1.39. The van der Waals surface area contributed by atoms with Gasteiger partial charge >= 0.3 is 0 Å². The largest absolute Gasteiger partial charge is 0.311 e. The van der Waals surface area contributed by atoms with Crippen molar-refractivity contribution in [1.82, 2.24) is 9.55 Å². The molecular formula is C24H27N3O2S. The van der Waals surface area contributed by atoms with Crippen LogP contribution in [0.25, 0.3) is 10.9 Å². The molecule has 1 amide bonds. The lowest BCUT2D eigenvalue weighted by molar-refractivity contribution is -0.117. The molecule has 2 heterocycles. The molecule has 1 aliphatic heterocycles. The van der Waals surface area contributed by atoms with E-state index in [4.69, 9.17) is 4.98 Å². The normalized spacial score (nSPS) is 14.5. The van der Waals surface area contributed by atoms with Gasteiger partial charge in [0.15, 0.2) is 5.16 Å². The van der Waals surface area contributed by atoms with Gasteiger partial charge in [0.25, 0.3) is 5.56 Å². The SMILES string of the molecule is CCCCn1c(SC(C)C(=O)N2CCCc3ccccc32)nc2ccccc2c1=O. The van der Waals surface area contributed by atoms with Crippen LogP contribution in [-0.4, -0.2) is 27.3 Å². The predicted octanol–water partition coefficient (Wildman–Crippen LogP) is 4.66. The minimum absolute atomic E-state index is 0.0282. The second kappa shape index (κ2) is 9.04. The van der Waals surface area contributed by atoms with Gasteiger partial charge in [0.1, 0.15) is 0 Å². The van der Waals surface area contributed by atoms with E-state index in [-0.39, 0.29) is 16.7 Å². The van der Waals surface area contributed by atoms with Gasteiger partial charge in [-0.25, -0.2) is 4.98 Å². The van der Waals surface area contributed by atoms with Crippen LogP contribution in [-0.2, 0) is 17.8 Å². The van der Waals surface area contributed by atoms with Crippen LogP contribution < -0.4 is 10.5 Å². The van der Waals surface area contributed by atoms with E-state index < -0.39 is 0 Å². The molecular weight excluding hydrogens is 394 g/mol. The predicted molar refractivity (Wildman–Crippen MR) is 123 cm³/mol. The van der Waals surface area contributed by atoms with Gasteiger partial charge in [-0.2, -0.15) is 0 Å². The first-order valence-electron chi connectivity index (χ1n) is 10.7. The highest BCUT2D eigenvalue weighted by Crippen LogP contribution is 2.30. The third kappa shape index (κ3) is 4.01. The summed E-state index contributed by atoms with van der Waals surface area (Å²) in [6.07, 6.45) is 3.86. The molecule has 156 valence electrons. The maximum Gasteiger partial charge on any atom is 0.262 e. The van der Waals surface area contributed by atoms with Crippen LogP contribution in [0.2, 0.25) is 0 Å². The highest BCUT2D eigenvalue weighted by atomic mass is 32.2. The van der Waals surface area contributed by atoms with Crippen molar-refractivity contribution in [3.63, 3.8) is 0 Å². The van der Waals surface area contributed by atoms with Gasteiger partial charge in [-0.05, 0) is 49.9 Å². The maximum atomic E-state index is 13.3. The molecule has 3 aromatic rings. The Balaban J connectivity index is 1.65. The number of carbonyl (C=O) groups is 1. The van der Waals surface area contributed by atoms with Crippen molar-refractivity contribution in [3.05, 3.63) is 64.4 Å². The van der Waals surface area contributed by atoms with Crippen molar-refractivity contribution in [1.29, 1.82) is 0 Å². The standard InChI is InChI=1S/C24H27N3O2S/c1-3-4-15-27-23(29)19-12-6-7-13-20(19)25-24(27)30-17(2)22(28)26-16-9-11-18-10-5-8-14-21(18)26/h5-8,10,12-14,17H,3-4,9,11,15-16H2,1-2H3. The number of fused-ring (bicyclic) bond motifs is 2. The molecule has 2 aromatic carbocycles. The van der Waals surface area contributed by atoms with Crippen molar-refractivity contribution in [2.75, 3.05) is 11.4 Å². The second-order valence-corrected chi connectivity index (χ2v) is 9.01. The molecule has 0 saturated heterocycles. The van der Waals surface area contributed by atoms with E-state index in [0.717, 1.165) is 37.9 Å². The summed E-state index contributed by atoms with van der Waals surface area (Å²) in [5.41, 5.74) is 2.88. The van der Waals surface area contributed by atoms with E-state index in [0.29, 0.717) is 22.6 Å². The van der Waals surface area contributed by atoms with Crippen LogP contribution >= 0.6 is 11.8 Å². The lowest BCUT2D eigenvalue weighted by atomic mass is 10.0. The van der Waals surface area contributed by atoms with Crippen LogP contribution in [0.15, 0.2) is 58.5 Å². The maximum absolute atomic E-state index is 13.3. The van der Waals surface area contributed by atoms with Crippen LogP contribution in [0.4, 0.5) is 5.69 Å². The monoisotopic (exact) mass is 421 g/mol. The van der Waals surface area contributed by atoms with E-state index in [1.54, 1.807) is 4.57 Å². The molecule has 1 aromatic heterocycles. The van der Waals surface area contributed by atoms with Crippen molar-refractivity contribution < 1.29 is 4.79 Å². The average Bonchev–Trinajstić information content (AvgIpc) is 2.78. The summed E-state index contributed by atoms with van der Waals surface area (Å²) in [7, 11) is 0. The Hall–Kier alpha value is -2.60. The molecule has 0 bridgehead atoms. The molecule has 1 unspecified atom stereocenters. The van der Waals surface area contributed by atoms with E-state index in [1.807, 2.05) is 54.3 Å². The number of unbranched alkanes of at least 4 members (excludes halogenated alkanes) is 1. The summed E-state index contributed by atoms with van der Waals surface area (Å²) < 4.78 is 1.74. The molecule has 6 heteroatoms. The quantitative estimate of drug-likeness (QED) is 0.429. The van der Waals surface area contributed by atoms with Gasteiger partial charge in [-0.15, -0.1) is 0 Å². The zero-order valence-electron chi connectivity index (χ0n) is 17.5. The first kappa shape index (κ1) is 20.7. The van der Waals surface area contributed by atoms with Crippen LogP contribution in [0, 0.1) is 0 Å². The first-order chi connectivity index (χ1) is 14.6. The molecule has 4 rings (SSSR count). The summed E-state index contributed by atoms with van der Waals surface area (Å²) in [6, 6.07) is 15.6. The Morgan fingerprint density at radius 2 is 1.93 bits per heavy atom. The topological polar surface area (TPSA) is 55.2 Å². The van der Waals surface area contributed by atoms with E-state index >= 15 is 0 Å². The van der Waals surface area contributed by atoms with Gasteiger partial charge < -0.3 is 4.90 Å². The number of amides is 1. The van der Waals surface area contributed by atoms with Crippen LogP contribution in [0.5, 0.6) is 0 Å². The smallest absolute Gasteiger partial charge is 0.262 e. The van der Waals surface area contributed by atoms with Gasteiger partial charge in [0.05, 0.1) is 16.2 Å². The van der Waals surface area contributed by atoms with Crippen molar-refractivity contribution >= 4 is 34.3 Å². The zero-order chi connectivity index (χ0) is 21.1. The number of rotatable bonds is 6. The summed E-state index contributed by atoms with van der Waals surface area (Å²) in [5.74, 6) is 0.0663. The Morgan fingerprint density at radius 3 is 2.77 bits per heavy atom. The summed E-state index contributed by atoms with van der Waals surface area (Å²) in [6.45, 7) is 5.36. The second-order valence-electron chi connectivity index (χ2n) is 7.70. The zero-order valence-corrected chi connectivity index (χ0v) is 18.3. The number of aryl methyl sites for hydroxylation is 1. The number of nitrogens with zero attached hydrogens (tertiary/aromatic N) is 3. The number of hydrogen-bond donors (Lipinski definition) is 0. The lowest BCUT2D eigenvalue weighted by Crippen LogP contribution is -2.40. The fourth-order valence-electron chi connectivity index (χ4n) is 3.94. The highest BCUT2D eigenvalue weighted by molar-refractivity contribution is 8.00. The van der Waals surface area contributed by atoms with Gasteiger partial charge in [-0.3, -0.25) is 14.2 Å². The van der Waals surface area contributed by atoms with E-state index in [1.165, 1.54) is 17.3 Å². The lowest BCUT2D eigenvalue weighted by Gasteiger charge is -2.31. The van der Waals surface area contributed by atoms with Crippen LogP contribution in [0.1, 0.15) is 38.7 Å². The van der Waals surface area contributed by atoms with E-state index in [9.17, 15) is 9.59 Å². The van der Waals surface area contributed by atoms with Gasteiger partial charge in [0, 0.05) is 18.8 Å². The Labute approximate surface area is 181 Å². The fraction of sp³-hybridized carbons (Fsp3) is 0.375. The van der Waals surface area contributed by atoms with Crippen molar-refractivity contribution in [2.45, 2.75) is 56.5 Å². The van der Waals surface area contributed by atoms with Gasteiger partial charge in [0.2, 0.25) is 5.91 Å². The molecule has 0 N–H and O–H groups in total. The molecule has 0 saturated carbocycles. The Bertz CT molecular complexity index is 1120. The number of para-hydroxylation sites is 2. The first-order valence-corrected chi connectivity index (χ1v) is 11.5. The molecule has 0 radical (unpaired) electrons. The third-order valence-electron chi connectivity index (χ3n) is 5.57. The Kier molecular flexibility index (Phi) is 6.23. The highest BCUT2D eigenvalue weighted by Gasteiger charge is 2.28. The molecule has 1 atom stereocenters. The number of hydrogen-bond acceptors (Lipinski definition) is 4. The molecule has 0 spiro atoms. The number of anilines is 1. The number of thioether (sulfide) groups is 1. The fourth-order valence-corrected chi connectivity index (χ4v) is 4.94. The number of carbonyl (C=O) groups excluding carboxylic acids is 1. The van der Waals surface area contributed by atoms with E-state index in [2.05, 4.69) is 13.0 Å². The third-order valence-corrected chi connectivity index (χ3v) is 6.65. The molecule has 1 aliphatic rings. The average molecular weight is 422 g/mol. The van der Waals surface area contributed by atoms with Crippen molar-refractivity contribution in [2.24, 2.45) is 0 Å². The summed E-state index contributed by atoms with van der Waals surface area (Å²) in [4.78, 5) is 33.1. The molecule has 0 aliphatic carbocycles.